The molecule has 0 aliphatic carbocycles. The van der Waals surface area contributed by atoms with Gasteiger partial charge >= 0.3 is 8.17 Å². The number of hydrogen-bond acceptors (Lipinski definition) is 4. The summed E-state index contributed by atoms with van der Waals surface area (Å²) in [5.41, 5.74) is 1.81. The summed E-state index contributed by atoms with van der Waals surface area (Å²) in [4.78, 5) is 19.0. The van der Waals surface area contributed by atoms with Gasteiger partial charge in [0.25, 0.3) is 0 Å². The summed E-state index contributed by atoms with van der Waals surface area (Å²) >= 11 is 0. The van der Waals surface area contributed by atoms with Crippen LogP contribution in [-0.2, 0) is 9.05 Å². The molecular formula is C12H18O4P+. The zero-order valence-corrected chi connectivity index (χ0v) is 11.1. The van der Waals surface area contributed by atoms with Crippen LogP contribution in [0.15, 0.2) is 24.3 Å². The Labute approximate surface area is 102 Å². The van der Waals surface area contributed by atoms with E-state index in [0.717, 1.165) is 11.1 Å². The highest BCUT2D eigenvalue weighted by molar-refractivity contribution is 7.54. The second-order valence-corrected chi connectivity index (χ2v) is 6.60. The zero-order chi connectivity index (χ0) is 12.7. The molecule has 1 saturated heterocycles. The molecule has 1 aliphatic heterocycles. The van der Waals surface area contributed by atoms with Crippen LogP contribution in [0.2, 0.25) is 0 Å². The largest absolute Gasteiger partial charge is 0.570 e. The summed E-state index contributed by atoms with van der Waals surface area (Å²) in [6, 6.07) is 7.87. The van der Waals surface area contributed by atoms with Crippen LogP contribution in [0.4, 0.5) is 0 Å². The lowest BCUT2D eigenvalue weighted by molar-refractivity contribution is -0.0632. The quantitative estimate of drug-likeness (QED) is 0.759. The minimum absolute atomic E-state index is 0.270. The summed E-state index contributed by atoms with van der Waals surface area (Å²) in [5.74, 6) is 0. The van der Waals surface area contributed by atoms with Crippen molar-refractivity contribution in [1.29, 1.82) is 0 Å². The van der Waals surface area contributed by atoms with Crippen LogP contribution in [0, 0.1) is 12.3 Å². The summed E-state index contributed by atoms with van der Waals surface area (Å²) in [6.07, 6.45) is -0.361. The molecule has 4 nitrogen and oxygen atoms in total. The molecule has 94 valence electrons. The van der Waals surface area contributed by atoms with Gasteiger partial charge in [-0.1, -0.05) is 43.7 Å². The average molecular weight is 257 g/mol. The van der Waals surface area contributed by atoms with E-state index in [2.05, 4.69) is 0 Å². The molecule has 2 rings (SSSR count). The minimum atomic E-state index is -3.65. The van der Waals surface area contributed by atoms with Crippen molar-refractivity contribution in [2.45, 2.75) is 26.9 Å². The summed E-state index contributed by atoms with van der Waals surface area (Å²) in [5, 5.41) is 0. The molecule has 1 aromatic carbocycles. The highest BCUT2D eigenvalue weighted by Crippen LogP contribution is 2.63. The molecule has 0 saturated carbocycles. The summed E-state index contributed by atoms with van der Waals surface area (Å²) in [7, 11) is -3.65. The van der Waals surface area contributed by atoms with E-state index < -0.39 is 8.17 Å². The van der Waals surface area contributed by atoms with Crippen LogP contribution in [0.5, 0.6) is 0 Å². The van der Waals surface area contributed by atoms with Gasteiger partial charge in [0, 0.05) is 5.41 Å². The summed E-state index contributed by atoms with van der Waals surface area (Å²) in [6.45, 7) is 6.24. The lowest BCUT2D eigenvalue weighted by Crippen LogP contribution is -2.34. The third kappa shape index (κ3) is 2.84. The van der Waals surface area contributed by atoms with E-state index in [9.17, 15) is 9.79 Å². The first kappa shape index (κ1) is 12.9. The second kappa shape index (κ2) is 4.30. The first-order valence-corrected chi connectivity index (χ1v) is 7.07. The van der Waals surface area contributed by atoms with E-state index in [4.69, 9.17) is 9.05 Å². The number of aryl methyl sites for hydroxylation is 1. The molecule has 1 aromatic rings. The van der Waals surface area contributed by atoms with E-state index in [1.54, 1.807) is 0 Å². The van der Waals surface area contributed by atoms with Crippen LogP contribution >= 0.6 is 8.17 Å². The van der Waals surface area contributed by atoms with Crippen molar-refractivity contribution in [3.63, 3.8) is 0 Å². The fourth-order valence-corrected chi connectivity index (χ4v) is 3.13. The van der Waals surface area contributed by atoms with Crippen molar-refractivity contribution in [2.75, 3.05) is 6.61 Å². The van der Waals surface area contributed by atoms with E-state index in [1.807, 2.05) is 45.0 Å². The Morgan fingerprint density at radius 1 is 1.24 bits per heavy atom. The monoisotopic (exact) mass is 257 g/mol. The van der Waals surface area contributed by atoms with E-state index >= 15 is 0 Å². The van der Waals surface area contributed by atoms with Gasteiger partial charge in [-0.2, -0.15) is 14.3 Å². The van der Waals surface area contributed by atoms with Crippen LogP contribution in [0.3, 0.4) is 0 Å². The molecule has 17 heavy (non-hydrogen) atoms. The third-order valence-electron chi connectivity index (χ3n) is 2.94. The fourth-order valence-electron chi connectivity index (χ4n) is 1.89. The SMILES string of the molecule is Cc1ccc(C2O[P+](O)(O)OCC2(C)C)cc1. The van der Waals surface area contributed by atoms with Crippen molar-refractivity contribution in [2.24, 2.45) is 5.41 Å². The number of benzene rings is 1. The summed E-state index contributed by atoms with van der Waals surface area (Å²) < 4.78 is 10.3. The maximum atomic E-state index is 9.52. The molecule has 0 spiro atoms. The molecule has 0 amide bonds. The first-order valence-electron chi connectivity index (χ1n) is 5.54. The van der Waals surface area contributed by atoms with Gasteiger partial charge in [0.15, 0.2) is 0 Å². The predicted octanol–water partition coefficient (Wildman–Crippen LogP) is 2.77. The van der Waals surface area contributed by atoms with Gasteiger partial charge in [0.2, 0.25) is 0 Å². The molecule has 0 aromatic heterocycles. The van der Waals surface area contributed by atoms with E-state index in [-0.39, 0.29) is 18.1 Å². The predicted molar refractivity (Wildman–Crippen MR) is 66.1 cm³/mol. The van der Waals surface area contributed by atoms with E-state index in [0.29, 0.717) is 0 Å². The van der Waals surface area contributed by atoms with Crippen LogP contribution < -0.4 is 0 Å². The van der Waals surface area contributed by atoms with Crippen molar-refractivity contribution < 1.29 is 18.8 Å². The Bertz CT molecular complexity index is 399. The lowest BCUT2D eigenvalue weighted by Gasteiger charge is -2.36. The standard InChI is InChI=1S/C12H18O4P/c1-9-4-6-10(7-5-9)11-12(2,3)8-15-17(13,14)16-11/h4-7,11,13-14H,8H2,1-3H3/q+1. The highest BCUT2D eigenvalue weighted by atomic mass is 31.2. The molecule has 1 heterocycles. The Kier molecular flexibility index (Phi) is 3.27. The molecule has 1 aliphatic rings. The molecule has 5 heteroatoms. The molecule has 1 unspecified atom stereocenters. The smallest absolute Gasteiger partial charge is 0.168 e. The van der Waals surface area contributed by atoms with Crippen molar-refractivity contribution >= 4 is 8.17 Å². The Hall–Kier alpha value is -0.510. The Morgan fingerprint density at radius 3 is 2.41 bits per heavy atom. The van der Waals surface area contributed by atoms with Gasteiger partial charge in [0.05, 0.1) is 0 Å². The van der Waals surface area contributed by atoms with Crippen molar-refractivity contribution in [1.82, 2.24) is 0 Å². The highest BCUT2D eigenvalue weighted by Gasteiger charge is 2.54. The van der Waals surface area contributed by atoms with Crippen molar-refractivity contribution in [3.8, 4) is 0 Å². The molecule has 0 radical (unpaired) electrons. The molecule has 1 atom stereocenters. The van der Waals surface area contributed by atoms with Gasteiger partial charge in [-0.3, -0.25) is 0 Å². The number of rotatable bonds is 1. The molecule has 2 N–H and O–H groups in total. The van der Waals surface area contributed by atoms with Crippen LogP contribution in [0.1, 0.15) is 31.1 Å². The second-order valence-electron chi connectivity index (χ2n) is 5.15. The van der Waals surface area contributed by atoms with Gasteiger partial charge < -0.3 is 0 Å². The fraction of sp³-hybridized carbons (Fsp3) is 0.500. The normalized spacial score (nSPS) is 26.8. The van der Waals surface area contributed by atoms with Gasteiger partial charge in [-0.15, -0.1) is 4.52 Å². The number of hydrogen-bond donors (Lipinski definition) is 2. The van der Waals surface area contributed by atoms with E-state index in [1.165, 1.54) is 0 Å². The average Bonchev–Trinajstić information content (AvgIpc) is 2.24. The molecule has 0 bridgehead atoms. The van der Waals surface area contributed by atoms with Gasteiger partial charge in [-0.25, -0.2) is 0 Å². The third-order valence-corrected chi connectivity index (χ3v) is 3.89. The maximum absolute atomic E-state index is 9.52. The van der Waals surface area contributed by atoms with Gasteiger partial charge in [0.1, 0.15) is 12.7 Å². The molecular weight excluding hydrogens is 239 g/mol. The first-order chi connectivity index (χ1) is 7.80. The topological polar surface area (TPSA) is 58.9 Å². The zero-order valence-electron chi connectivity index (χ0n) is 10.3. The molecule has 1 fully saturated rings. The van der Waals surface area contributed by atoms with Crippen LogP contribution in [-0.4, -0.2) is 16.4 Å². The Balaban J connectivity index is 2.30. The van der Waals surface area contributed by atoms with Crippen molar-refractivity contribution in [3.05, 3.63) is 35.4 Å². The minimum Gasteiger partial charge on any atom is -0.168 e. The van der Waals surface area contributed by atoms with Crippen LogP contribution in [0.25, 0.3) is 0 Å². The Morgan fingerprint density at radius 2 is 1.82 bits per heavy atom. The maximum Gasteiger partial charge on any atom is 0.570 e. The van der Waals surface area contributed by atoms with Gasteiger partial charge in [-0.05, 0) is 12.5 Å². The lowest BCUT2D eigenvalue weighted by atomic mass is 9.83.